The highest BCUT2D eigenvalue weighted by Gasteiger charge is 2.36. The Morgan fingerprint density at radius 3 is 2.74 bits per heavy atom. The average Bonchev–Trinajstić information content (AvgIpc) is 3.00. The third-order valence-corrected chi connectivity index (χ3v) is 4.94. The van der Waals surface area contributed by atoms with E-state index in [4.69, 9.17) is 23.2 Å². The van der Waals surface area contributed by atoms with E-state index >= 15 is 0 Å². The molecule has 140 valence electrons. The molecule has 7 nitrogen and oxygen atoms in total. The van der Waals surface area contributed by atoms with E-state index in [2.05, 4.69) is 5.32 Å². The first-order valence-electron chi connectivity index (χ1n) is 7.77. The van der Waals surface area contributed by atoms with E-state index in [0.717, 1.165) is 12.1 Å². The van der Waals surface area contributed by atoms with Crippen LogP contribution < -0.4 is 10.2 Å². The van der Waals surface area contributed by atoms with Crippen LogP contribution in [0.3, 0.4) is 0 Å². The molecule has 1 heterocycles. The van der Waals surface area contributed by atoms with Gasteiger partial charge in [0.05, 0.1) is 26.6 Å². The Morgan fingerprint density at radius 1 is 1.30 bits per heavy atom. The number of nitrogens with zero attached hydrogens (tertiary/aromatic N) is 2. The molecule has 0 aromatic heterocycles. The molecule has 1 atom stereocenters. The lowest BCUT2D eigenvalue weighted by atomic mass is 10.1. The summed E-state index contributed by atoms with van der Waals surface area (Å²) in [5.74, 6) is -2.51. The molecule has 2 aromatic carbocycles. The van der Waals surface area contributed by atoms with Crippen LogP contribution in [-0.4, -0.2) is 23.3 Å². The topological polar surface area (TPSA) is 92.5 Å². The van der Waals surface area contributed by atoms with Crippen LogP contribution in [-0.2, 0) is 9.59 Å². The Labute approximate surface area is 162 Å². The first-order valence-corrected chi connectivity index (χ1v) is 8.52. The molecule has 1 N–H and O–H groups in total. The summed E-state index contributed by atoms with van der Waals surface area (Å²) in [5.41, 5.74) is -0.274. The number of nitrogens with one attached hydrogen (secondary N) is 1. The van der Waals surface area contributed by atoms with Crippen molar-refractivity contribution in [2.75, 3.05) is 16.8 Å². The van der Waals surface area contributed by atoms with Gasteiger partial charge in [-0.05, 0) is 24.3 Å². The molecule has 3 rings (SSSR count). The molecule has 1 saturated heterocycles. The molecule has 0 spiro atoms. The molecule has 27 heavy (non-hydrogen) atoms. The molecule has 0 saturated carbocycles. The molecule has 2 amide bonds. The quantitative estimate of drug-likeness (QED) is 0.606. The van der Waals surface area contributed by atoms with Crippen LogP contribution in [0.25, 0.3) is 0 Å². The van der Waals surface area contributed by atoms with Crippen molar-refractivity contribution in [3.63, 3.8) is 0 Å². The molecule has 0 aliphatic carbocycles. The second-order valence-corrected chi connectivity index (χ2v) is 6.68. The number of hydrogen-bond acceptors (Lipinski definition) is 4. The minimum atomic E-state index is -1.00. The highest BCUT2D eigenvalue weighted by atomic mass is 35.5. The van der Waals surface area contributed by atoms with Crippen LogP contribution in [0.2, 0.25) is 10.0 Å². The number of rotatable bonds is 4. The fourth-order valence-corrected chi connectivity index (χ4v) is 3.19. The standard InChI is InChI=1S/C17H12Cl2FN3O4/c18-11-2-1-3-13(16(11)19)22-8-9(6-15(22)24)17(25)21-10-4-5-12(20)14(7-10)23(26)27/h1-5,7,9H,6,8H2,(H,21,25)/t9-/m1/s1. The summed E-state index contributed by atoms with van der Waals surface area (Å²) in [5, 5.41) is 13.8. The number of anilines is 2. The van der Waals surface area contributed by atoms with Gasteiger partial charge in [-0.3, -0.25) is 19.7 Å². The van der Waals surface area contributed by atoms with Crippen molar-refractivity contribution >= 4 is 52.1 Å². The van der Waals surface area contributed by atoms with Gasteiger partial charge in [0.1, 0.15) is 0 Å². The zero-order valence-corrected chi connectivity index (χ0v) is 15.1. The Balaban J connectivity index is 1.76. The fraction of sp³-hybridized carbons (Fsp3) is 0.176. The first-order chi connectivity index (χ1) is 12.8. The molecule has 1 aliphatic rings. The highest BCUT2D eigenvalue weighted by molar-refractivity contribution is 6.44. The van der Waals surface area contributed by atoms with E-state index in [9.17, 15) is 24.1 Å². The zero-order valence-electron chi connectivity index (χ0n) is 13.6. The number of nitro groups is 1. The molecular formula is C17H12Cl2FN3O4. The van der Waals surface area contributed by atoms with Gasteiger partial charge in [-0.15, -0.1) is 0 Å². The third kappa shape index (κ3) is 3.86. The molecule has 10 heteroatoms. The van der Waals surface area contributed by atoms with Gasteiger partial charge >= 0.3 is 5.69 Å². The lowest BCUT2D eigenvalue weighted by Gasteiger charge is -2.18. The highest BCUT2D eigenvalue weighted by Crippen LogP contribution is 2.36. The van der Waals surface area contributed by atoms with Gasteiger partial charge in [-0.2, -0.15) is 4.39 Å². The average molecular weight is 412 g/mol. The van der Waals surface area contributed by atoms with Gasteiger partial charge in [0.25, 0.3) is 0 Å². The first kappa shape index (κ1) is 19.1. The van der Waals surface area contributed by atoms with Crippen LogP contribution in [0.5, 0.6) is 0 Å². The van der Waals surface area contributed by atoms with Crippen LogP contribution in [0.15, 0.2) is 36.4 Å². The summed E-state index contributed by atoms with van der Waals surface area (Å²) >= 11 is 12.1. The second kappa shape index (κ2) is 7.50. The Hall–Kier alpha value is -2.71. The smallest absolute Gasteiger partial charge is 0.306 e. The van der Waals surface area contributed by atoms with Crippen molar-refractivity contribution < 1.29 is 18.9 Å². The van der Waals surface area contributed by atoms with E-state index in [1.807, 2.05) is 0 Å². The SMILES string of the molecule is O=C(Nc1ccc(F)c([N+](=O)[O-])c1)[C@@H]1CC(=O)N(c2cccc(Cl)c2Cl)C1. The zero-order chi connectivity index (χ0) is 19.7. The Morgan fingerprint density at radius 2 is 2.04 bits per heavy atom. The summed E-state index contributed by atoms with van der Waals surface area (Å²) in [4.78, 5) is 36.0. The predicted molar refractivity (Wildman–Crippen MR) is 98.6 cm³/mol. The van der Waals surface area contributed by atoms with E-state index in [1.165, 1.54) is 11.0 Å². The van der Waals surface area contributed by atoms with Crippen molar-refractivity contribution in [3.05, 3.63) is 62.4 Å². The molecular weight excluding hydrogens is 400 g/mol. The summed E-state index contributed by atoms with van der Waals surface area (Å²) in [6.07, 6.45) is -0.0576. The van der Waals surface area contributed by atoms with Gasteiger partial charge in [-0.1, -0.05) is 29.3 Å². The minimum absolute atomic E-state index is 0.0576. The number of nitro benzene ring substituents is 1. The maximum absolute atomic E-state index is 13.4. The third-order valence-electron chi connectivity index (χ3n) is 4.13. The largest absolute Gasteiger partial charge is 0.326 e. The number of carbonyl (C=O) groups excluding carboxylic acids is 2. The van der Waals surface area contributed by atoms with Crippen molar-refractivity contribution in [2.45, 2.75) is 6.42 Å². The molecule has 2 aromatic rings. The van der Waals surface area contributed by atoms with Crippen LogP contribution >= 0.6 is 23.2 Å². The molecule has 1 fully saturated rings. The Bertz CT molecular complexity index is 954. The van der Waals surface area contributed by atoms with Gasteiger partial charge in [0.2, 0.25) is 17.6 Å². The van der Waals surface area contributed by atoms with Crippen LogP contribution in [0.4, 0.5) is 21.5 Å². The summed E-state index contributed by atoms with van der Waals surface area (Å²) in [6.45, 7) is 0.0774. The van der Waals surface area contributed by atoms with E-state index in [0.29, 0.717) is 5.69 Å². The van der Waals surface area contributed by atoms with Crippen LogP contribution in [0, 0.1) is 21.8 Å². The molecule has 0 unspecified atom stereocenters. The number of hydrogen-bond donors (Lipinski definition) is 1. The summed E-state index contributed by atoms with van der Waals surface area (Å²) in [7, 11) is 0. The lowest BCUT2D eigenvalue weighted by Crippen LogP contribution is -2.28. The van der Waals surface area contributed by atoms with Crippen molar-refractivity contribution in [1.29, 1.82) is 0 Å². The number of amides is 2. The van der Waals surface area contributed by atoms with Crippen molar-refractivity contribution in [1.82, 2.24) is 0 Å². The Kier molecular flexibility index (Phi) is 5.29. The monoisotopic (exact) mass is 411 g/mol. The normalized spacial score (nSPS) is 16.5. The lowest BCUT2D eigenvalue weighted by molar-refractivity contribution is -0.387. The van der Waals surface area contributed by atoms with E-state index < -0.39 is 28.3 Å². The van der Waals surface area contributed by atoms with E-state index in [-0.39, 0.29) is 34.6 Å². The molecule has 1 aliphatic heterocycles. The number of halogens is 3. The van der Waals surface area contributed by atoms with Crippen molar-refractivity contribution in [3.8, 4) is 0 Å². The molecule has 0 bridgehead atoms. The second-order valence-electron chi connectivity index (χ2n) is 5.89. The van der Waals surface area contributed by atoms with Gasteiger partial charge < -0.3 is 10.2 Å². The maximum atomic E-state index is 13.4. The van der Waals surface area contributed by atoms with Gasteiger partial charge in [0.15, 0.2) is 0 Å². The van der Waals surface area contributed by atoms with Crippen molar-refractivity contribution in [2.24, 2.45) is 5.92 Å². The van der Waals surface area contributed by atoms with Gasteiger partial charge in [0, 0.05) is 24.7 Å². The fourth-order valence-electron chi connectivity index (χ4n) is 2.79. The number of carbonyl (C=O) groups is 2. The maximum Gasteiger partial charge on any atom is 0.306 e. The molecule has 0 radical (unpaired) electrons. The predicted octanol–water partition coefficient (Wildman–Crippen LogP) is 4.03. The summed E-state index contributed by atoms with van der Waals surface area (Å²) in [6, 6.07) is 7.88. The van der Waals surface area contributed by atoms with Gasteiger partial charge in [-0.25, -0.2) is 0 Å². The minimum Gasteiger partial charge on any atom is -0.326 e. The van der Waals surface area contributed by atoms with Crippen LogP contribution in [0.1, 0.15) is 6.42 Å². The van der Waals surface area contributed by atoms with E-state index in [1.54, 1.807) is 18.2 Å². The number of benzene rings is 2. The summed E-state index contributed by atoms with van der Waals surface area (Å²) < 4.78 is 13.4.